The van der Waals surface area contributed by atoms with Crippen LogP contribution in [0.2, 0.25) is 0 Å². The number of rotatable bonds is 0. The minimum atomic E-state index is 0.708. The maximum absolute atomic E-state index is 5.55. The summed E-state index contributed by atoms with van der Waals surface area (Å²) in [4.78, 5) is 7.57. The summed E-state index contributed by atoms with van der Waals surface area (Å²) >= 11 is 0. The fraction of sp³-hybridized carbons (Fsp3) is 0.182. The van der Waals surface area contributed by atoms with E-state index in [0.717, 1.165) is 22.3 Å². The summed E-state index contributed by atoms with van der Waals surface area (Å²) in [6.45, 7) is 3.90. The van der Waals surface area contributed by atoms with Crippen LogP contribution in [0.1, 0.15) is 11.6 Å². The Morgan fingerprint density at radius 2 is 2.14 bits per heavy atom. The molecule has 70 valence electrons. The number of oxazole rings is 1. The van der Waals surface area contributed by atoms with Crippen molar-refractivity contribution in [1.29, 1.82) is 0 Å². The molecule has 0 aliphatic rings. The normalized spacial score (nSPS) is 11.6. The zero-order valence-electron chi connectivity index (χ0n) is 8.09. The van der Waals surface area contributed by atoms with Gasteiger partial charge in [-0.05, 0) is 19.1 Å². The van der Waals surface area contributed by atoms with Gasteiger partial charge in [0.25, 0.3) is 0 Å². The van der Waals surface area contributed by atoms with Gasteiger partial charge in [-0.1, -0.05) is 6.07 Å². The molecule has 2 heterocycles. The first kappa shape index (κ1) is 7.62. The van der Waals surface area contributed by atoms with Crippen LogP contribution < -0.4 is 0 Å². The molecule has 0 amide bonds. The van der Waals surface area contributed by atoms with Gasteiger partial charge in [0.05, 0.1) is 5.52 Å². The van der Waals surface area contributed by atoms with Crippen LogP contribution in [0.25, 0.3) is 22.0 Å². The maximum Gasteiger partial charge on any atom is 0.192 e. The monoisotopic (exact) mass is 186 g/mol. The highest BCUT2D eigenvalue weighted by atomic mass is 16.3. The topological polar surface area (TPSA) is 41.8 Å². The maximum atomic E-state index is 5.55. The molecule has 0 aliphatic carbocycles. The number of aryl methyl sites for hydroxylation is 2. The van der Waals surface area contributed by atoms with Gasteiger partial charge in [-0.2, -0.15) is 0 Å². The molecule has 3 nitrogen and oxygen atoms in total. The number of hydrogen-bond acceptors (Lipinski definition) is 2. The highest BCUT2D eigenvalue weighted by molar-refractivity contribution is 6.00. The van der Waals surface area contributed by atoms with E-state index in [1.165, 1.54) is 5.39 Å². The molecule has 0 spiro atoms. The van der Waals surface area contributed by atoms with Crippen LogP contribution in [0.4, 0.5) is 0 Å². The molecule has 0 fully saturated rings. The van der Waals surface area contributed by atoms with Crippen molar-refractivity contribution in [3.8, 4) is 0 Å². The molecular weight excluding hydrogens is 176 g/mol. The summed E-state index contributed by atoms with van der Waals surface area (Å²) in [6, 6.07) is 6.15. The van der Waals surface area contributed by atoms with Crippen molar-refractivity contribution in [2.24, 2.45) is 0 Å². The highest BCUT2D eigenvalue weighted by Gasteiger charge is 2.08. The summed E-state index contributed by atoms with van der Waals surface area (Å²) in [7, 11) is 0. The number of aromatic amines is 1. The molecule has 0 unspecified atom stereocenters. The first-order chi connectivity index (χ1) is 6.74. The van der Waals surface area contributed by atoms with Gasteiger partial charge in [-0.25, -0.2) is 4.98 Å². The largest absolute Gasteiger partial charge is 0.439 e. The van der Waals surface area contributed by atoms with E-state index in [2.05, 4.69) is 22.1 Å². The number of nitrogens with zero attached hydrogens (tertiary/aromatic N) is 1. The predicted molar refractivity (Wildman–Crippen MR) is 55.3 cm³/mol. The first-order valence-corrected chi connectivity index (χ1v) is 4.59. The lowest BCUT2D eigenvalue weighted by molar-refractivity contribution is 0.563. The van der Waals surface area contributed by atoms with Crippen LogP contribution in [-0.4, -0.2) is 9.97 Å². The minimum absolute atomic E-state index is 0.708. The van der Waals surface area contributed by atoms with E-state index in [9.17, 15) is 0 Å². The van der Waals surface area contributed by atoms with Crippen molar-refractivity contribution < 1.29 is 4.42 Å². The fourth-order valence-electron chi connectivity index (χ4n) is 1.83. The van der Waals surface area contributed by atoms with Gasteiger partial charge in [0, 0.05) is 18.0 Å². The minimum Gasteiger partial charge on any atom is -0.439 e. The Hall–Kier alpha value is -1.77. The van der Waals surface area contributed by atoms with Crippen LogP contribution in [0.15, 0.2) is 22.6 Å². The van der Waals surface area contributed by atoms with Gasteiger partial charge in [-0.3, -0.25) is 0 Å². The Morgan fingerprint density at radius 1 is 1.29 bits per heavy atom. The average molecular weight is 186 g/mol. The van der Waals surface area contributed by atoms with Crippen molar-refractivity contribution in [3.05, 3.63) is 29.8 Å². The summed E-state index contributed by atoms with van der Waals surface area (Å²) in [6.07, 6.45) is 0. The zero-order valence-corrected chi connectivity index (χ0v) is 8.09. The molecule has 3 aromatic rings. The molecule has 0 bridgehead atoms. The Kier molecular flexibility index (Phi) is 1.29. The molecule has 1 aromatic carbocycles. The number of fused-ring (bicyclic) bond motifs is 3. The van der Waals surface area contributed by atoms with Gasteiger partial charge in [0.1, 0.15) is 5.52 Å². The first-order valence-electron chi connectivity index (χ1n) is 4.59. The van der Waals surface area contributed by atoms with Crippen molar-refractivity contribution in [1.82, 2.24) is 9.97 Å². The average Bonchev–Trinajstić information content (AvgIpc) is 2.65. The number of hydrogen-bond donors (Lipinski definition) is 1. The van der Waals surface area contributed by atoms with Crippen LogP contribution in [0.3, 0.4) is 0 Å². The van der Waals surface area contributed by atoms with Crippen molar-refractivity contribution in [2.75, 3.05) is 0 Å². The molecule has 1 N–H and O–H groups in total. The predicted octanol–water partition coefficient (Wildman–Crippen LogP) is 2.93. The van der Waals surface area contributed by atoms with Gasteiger partial charge in [0.2, 0.25) is 0 Å². The molecule has 0 saturated carbocycles. The van der Waals surface area contributed by atoms with Crippen molar-refractivity contribution in [3.63, 3.8) is 0 Å². The Labute approximate surface area is 80.7 Å². The zero-order chi connectivity index (χ0) is 9.71. The van der Waals surface area contributed by atoms with Crippen LogP contribution in [0, 0.1) is 13.8 Å². The molecule has 3 rings (SSSR count). The van der Waals surface area contributed by atoms with Gasteiger partial charge in [0.15, 0.2) is 11.5 Å². The van der Waals surface area contributed by atoms with E-state index >= 15 is 0 Å². The Bertz CT molecular complexity index is 563. The summed E-state index contributed by atoms with van der Waals surface area (Å²) < 4.78 is 5.55. The molecular formula is C11H10N2O. The molecule has 0 aliphatic heterocycles. The highest BCUT2D eigenvalue weighted by Crippen LogP contribution is 2.25. The van der Waals surface area contributed by atoms with Crippen LogP contribution in [0.5, 0.6) is 0 Å². The molecule has 0 saturated heterocycles. The van der Waals surface area contributed by atoms with E-state index in [1.807, 2.05) is 19.9 Å². The van der Waals surface area contributed by atoms with Gasteiger partial charge >= 0.3 is 0 Å². The molecule has 14 heavy (non-hydrogen) atoms. The molecule has 0 radical (unpaired) electrons. The second-order valence-electron chi connectivity index (χ2n) is 3.56. The van der Waals surface area contributed by atoms with E-state index < -0.39 is 0 Å². The number of aromatic nitrogens is 2. The van der Waals surface area contributed by atoms with E-state index in [0.29, 0.717) is 5.89 Å². The van der Waals surface area contributed by atoms with Crippen LogP contribution >= 0.6 is 0 Å². The standard InChI is InChI=1S/C11H10N2O/c1-6-5-8-3-4-9-11(10(8)12-6)14-7(2)13-9/h3-5,12H,1-2H3. The van der Waals surface area contributed by atoms with Crippen LogP contribution in [-0.2, 0) is 0 Å². The van der Waals surface area contributed by atoms with Crippen molar-refractivity contribution >= 4 is 22.0 Å². The van der Waals surface area contributed by atoms with Crippen molar-refractivity contribution in [2.45, 2.75) is 13.8 Å². The van der Waals surface area contributed by atoms with Gasteiger partial charge in [-0.15, -0.1) is 0 Å². The summed E-state index contributed by atoms with van der Waals surface area (Å²) in [5, 5.41) is 1.17. The third-order valence-corrected chi connectivity index (χ3v) is 2.39. The summed E-state index contributed by atoms with van der Waals surface area (Å²) in [5.74, 6) is 0.708. The van der Waals surface area contributed by atoms with Gasteiger partial charge < -0.3 is 9.40 Å². The lowest BCUT2D eigenvalue weighted by Gasteiger charge is -1.88. The Balaban J connectivity index is 2.58. The third-order valence-electron chi connectivity index (χ3n) is 2.39. The molecule has 3 heteroatoms. The van der Waals surface area contributed by atoms with E-state index in [4.69, 9.17) is 4.42 Å². The lowest BCUT2D eigenvalue weighted by atomic mass is 10.2. The second-order valence-corrected chi connectivity index (χ2v) is 3.56. The third kappa shape index (κ3) is 0.894. The smallest absolute Gasteiger partial charge is 0.192 e. The lowest BCUT2D eigenvalue weighted by Crippen LogP contribution is -1.71. The van der Waals surface area contributed by atoms with E-state index in [-0.39, 0.29) is 0 Å². The quantitative estimate of drug-likeness (QED) is 0.586. The second kappa shape index (κ2) is 2.38. The number of H-pyrrole nitrogens is 1. The Morgan fingerprint density at radius 3 is 3.00 bits per heavy atom. The number of benzene rings is 1. The fourth-order valence-corrected chi connectivity index (χ4v) is 1.83. The molecule has 2 aromatic heterocycles. The summed E-state index contributed by atoms with van der Waals surface area (Å²) in [5.41, 5.74) is 3.95. The van der Waals surface area contributed by atoms with E-state index in [1.54, 1.807) is 0 Å². The molecule has 0 atom stereocenters. The SMILES string of the molecule is Cc1cc2ccc3nc(C)oc3c2[nH]1. The number of nitrogens with one attached hydrogen (secondary N) is 1.